The summed E-state index contributed by atoms with van der Waals surface area (Å²) in [6.07, 6.45) is 2.69. The average molecular weight is 356 g/mol. The highest BCUT2D eigenvalue weighted by molar-refractivity contribution is 5.89. The van der Waals surface area contributed by atoms with Crippen LogP contribution in [-0.4, -0.2) is 57.4 Å². The molecule has 0 radical (unpaired) electrons. The maximum absolute atomic E-state index is 12.8. The molecule has 1 aromatic rings. The number of ether oxygens (including phenoxy) is 1. The van der Waals surface area contributed by atoms with Crippen LogP contribution in [0.3, 0.4) is 0 Å². The topological polar surface area (TPSA) is 66.8 Å². The molecular formula is C21H26NO4+. The smallest absolute Gasteiger partial charge is 0.176 e. The standard InChI is InChI=1S/C21H25NO4/c1-4-10-22-11-9-20-16-13(2)5-6-14(23)17(16)26-18(20)15(24)7-8-21(20,25)19(22,3)12-22/h4-6,18,25H,1,7-12H2,2-3H3/p+1/t18-,19?,20-,21+,22?/m0/s1. The number of piperidine rings is 1. The molecule has 2 saturated heterocycles. The molecule has 2 N–H and O–H groups in total. The molecule has 3 heterocycles. The third-order valence-electron chi connectivity index (χ3n) is 8.10. The van der Waals surface area contributed by atoms with Crippen LogP contribution in [0.15, 0.2) is 24.8 Å². The normalized spacial score (nSPS) is 45.0. The number of hydrogen-bond donors (Lipinski definition) is 2. The predicted molar refractivity (Wildman–Crippen MR) is 96.2 cm³/mol. The lowest BCUT2D eigenvalue weighted by molar-refractivity contribution is -0.837. The van der Waals surface area contributed by atoms with Crippen LogP contribution in [-0.2, 0) is 10.2 Å². The fourth-order valence-electron chi connectivity index (χ4n) is 6.73. The number of nitrogens with zero attached hydrogens (tertiary/aromatic N) is 1. The van der Waals surface area contributed by atoms with Crippen molar-refractivity contribution in [3.63, 3.8) is 0 Å². The van der Waals surface area contributed by atoms with E-state index >= 15 is 0 Å². The molecule has 0 amide bonds. The molecule has 138 valence electrons. The second-order valence-electron chi connectivity index (χ2n) is 8.92. The average Bonchev–Trinajstić information content (AvgIpc) is 3.05. The Morgan fingerprint density at radius 1 is 1.42 bits per heavy atom. The van der Waals surface area contributed by atoms with Crippen molar-refractivity contribution in [2.75, 3.05) is 19.6 Å². The summed E-state index contributed by atoms with van der Waals surface area (Å²) in [5.41, 5.74) is -0.302. The summed E-state index contributed by atoms with van der Waals surface area (Å²) < 4.78 is 6.91. The summed E-state index contributed by atoms with van der Waals surface area (Å²) in [5, 5.41) is 22.6. The zero-order chi connectivity index (χ0) is 18.5. The van der Waals surface area contributed by atoms with Crippen LogP contribution in [0, 0.1) is 6.92 Å². The maximum Gasteiger partial charge on any atom is 0.176 e. The van der Waals surface area contributed by atoms with Crippen LogP contribution in [0.2, 0.25) is 0 Å². The number of quaternary nitrogens is 1. The number of benzene rings is 1. The number of carbonyl (C=O) groups excluding carboxylic acids is 1. The molecule has 0 bridgehead atoms. The number of aliphatic hydroxyl groups is 1. The Morgan fingerprint density at radius 3 is 2.92 bits per heavy atom. The van der Waals surface area contributed by atoms with Gasteiger partial charge in [-0.15, -0.1) is 0 Å². The molecule has 26 heavy (non-hydrogen) atoms. The molecule has 1 saturated carbocycles. The Hall–Kier alpha value is -1.85. The first-order chi connectivity index (χ1) is 12.3. The largest absolute Gasteiger partial charge is 0.504 e. The Bertz CT molecular complexity index is 866. The maximum atomic E-state index is 12.8. The summed E-state index contributed by atoms with van der Waals surface area (Å²) in [6.45, 7) is 10.7. The fourth-order valence-corrected chi connectivity index (χ4v) is 6.73. The second kappa shape index (κ2) is 4.52. The highest BCUT2D eigenvalue weighted by atomic mass is 16.5. The van der Waals surface area contributed by atoms with E-state index in [9.17, 15) is 15.0 Å². The van der Waals surface area contributed by atoms with Crippen LogP contribution < -0.4 is 4.74 Å². The van der Waals surface area contributed by atoms with Gasteiger partial charge in [0.2, 0.25) is 0 Å². The number of fused-ring (bicyclic) bond motifs is 3. The lowest BCUT2D eigenvalue weighted by Crippen LogP contribution is -2.74. The lowest BCUT2D eigenvalue weighted by Gasteiger charge is -2.56. The van der Waals surface area contributed by atoms with Crippen LogP contribution in [0.25, 0.3) is 0 Å². The third kappa shape index (κ3) is 1.43. The van der Waals surface area contributed by atoms with Gasteiger partial charge in [-0.05, 0) is 38.0 Å². The van der Waals surface area contributed by atoms with Crippen molar-refractivity contribution in [2.24, 2.45) is 0 Å². The van der Waals surface area contributed by atoms with Gasteiger partial charge in [-0.2, -0.15) is 0 Å². The zero-order valence-electron chi connectivity index (χ0n) is 15.4. The van der Waals surface area contributed by atoms with E-state index in [1.165, 1.54) is 0 Å². The van der Waals surface area contributed by atoms with Crippen molar-refractivity contribution in [2.45, 2.75) is 55.8 Å². The first-order valence-electron chi connectivity index (χ1n) is 9.48. The summed E-state index contributed by atoms with van der Waals surface area (Å²) >= 11 is 0. The SMILES string of the molecule is C=CC[N+]12CC[C@]34c5c(C)ccc(O)c5O[C@H]3C(=O)CC[C@@]4(O)C1(C)C2. The van der Waals surface area contributed by atoms with Gasteiger partial charge >= 0.3 is 0 Å². The molecule has 5 atom stereocenters. The van der Waals surface area contributed by atoms with Gasteiger partial charge in [-0.1, -0.05) is 12.6 Å². The minimum atomic E-state index is -1.04. The molecule has 4 aliphatic rings. The van der Waals surface area contributed by atoms with Crippen molar-refractivity contribution < 1.29 is 24.2 Å². The molecule has 2 unspecified atom stereocenters. The number of phenols is 1. The zero-order valence-corrected chi connectivity index (χ0v) is 15.4. The first-order valence-corrected chi connectivity index (χ1v) is 9.48. The molecule has 5 rings (SSSR count). The van der Waals surface area contributed by atoms with Crippen molar-refractivity contribution in [3.8, 4) is 11.5 Å². The van der Waals surface area contributed by atoms with Crippen molar-refractivity contribution in [1.82, 2.24) is 0 Å². The lowest BCUT2D eigenvalue weighted by atomic mass is 9.51. The molecule has 0 aromatic heterocycles. The predicted octanol–water partition coefficient (Wildman–Crippen LogP) is 1.97. The van der Waals surface area contributed by atoms with E-state index in [2.05, 4.69) is 13.5 Å². The number of Topliss-reactive ketones (excluding diaryl/α,β-unsaturated/α-hetero) is 1. The molecule has 5 nitrogen and oxygen atoms in total. The van der Waals surface area contributed by atoms with Crippen molar-refractivity contribution in [3.05, 3.63) is 35.9 Å². The molecule has 1 spiro atoms. The Kier molecular flexibility index (Phi) is 2.84. The monoisotopic (exact) mass is 356 g/mol. The van der Waals surface area contributed by atoms with E-state index in [1.807, 2.05) is 19.1 Å². The van der Waals surface area contributed by atoms with E-state index in [1.54, 1.807) is 6.07 Å². The van der Waals surface area contributed by atoms with E-state index in [0.717, 1.165) is 35.2 Å². The quantitative estimate of drug-likeness (QED) is 0.483. The number of phenolic OH excluding ortho intramolecular Hbond substituents is 1. The van der Waals surface area contributed by atoms with Gasteiger partial charge in [0.25, 0.3) is 0 Å². The number of aryl methyl sites for hydroxylation is 1. The number of ketones is 1. The number of aromatic hydroxyl groups is 1. The van der Waals surface area contributed by atoms with Gasteiger partial charge in [0.15, 0.2) is 28.9 Å². The number of carbonyl (C=O) groups is 1. The van der Waals surface area contributed by atoms with Crippen LogP contribution in [0.4, 0.5) is 0 Å². The fraction of sp³-hybridized carbons (Fsp3) is 0.571. The van der Waals surface area contributed by atoms with Gasteiger partial charge < -0.3 is 19.4 Å². The molecular weight excluding hydrogens is 330 g/mol. The Morgan fingerprint density at radius 2 is 2.19 bits per heavy atom. The van der Waals surface area contributed by atoms with E-state index in [0.29, 0.717) is 25.0 Å². The Balaban J connectivity index is 1.78. The molecule has 1 aliphatic carbocycles. The summed E-state index contributed by atoms with van der Waals surface area (Å²) in [6, 6.07) is 3.48. The van der Waals surface area contributed by atoms with Gasteiger partial charge in [0, 0.05) is 18.4 Å². The highest BCUT2D eigenvalue weighted by Gasteiger charge is 2.87. The second-order valence-corrected chi connectivity index (χ2v) is 8.92. The summed E-state index contributed by atoms with van der Waals surface area (Å²) in [5.74, 6) is 0.497. The third-order valence-corrected chi connectivity index (χ3v) is 8.10. The molecule has 3 aliphatic heterocycles. The van der Waals surface area contributed by atoms with Crippen LogP contribution >= 0.6 is 0 Å². The highest BCUT2D eigenvalue weighted by Crippen LogP contribution is 2.69. The summed E-state index contributed by atoms with van der Waals surface area (Å²) in [7, 11) is 0. The van der Waals surface area contributed by atoms with Gasteiger partial charge in [-0.25, -0.2) is 0 Å². The number of rotatable bonds is 2. The Labute approximate surface area is 153 Å². The van der Waals surface area contributed by atoms with Crippen molar-refractivity contribution in [1.29, 1.82) is 0 Å². The van der Waals surface area contributed by atoms with Gasteiger partial charge in [-0.3, -0.25) is 4.79 Å². The summed E-state index contributed by atoms with van der Waals surface area (Å²) in [4.78, 5) is 12.8. The van der Waals surface area contributed by atoms with Crippen molar-refractivity contribution >= 4 is 5.78 Å². The van der Waals surface area contributed by atoms with Gasteiger partial charge in [0.1, 0.15) is 12.1 Å². The van der Waals surface area contributed by atoms with Crippen LogP contribution in [0.1, 0.15) is 37.3 Å². The first kappa shape index (κ1) is 16.3. The minimum Gasteiger partial charge on any atom is -0.504 e. The molecule has 3 fully saturated rings. The number of hydrogen-bond acceptors (Lipinski definition) is 4. The van der Waals surface area contributed by atoms with Gasteiger partial charge in [0.05, 0.1) is 18.5 Å². The van der Waals surface area contributed by atoms with E-state index in [4.69, 9.17) is 4.74 Å². The van der Waals surface area contributed by atoms with E-state index < -0.39 is 17.1 Å². The minimum absolute atomic E-state index is 0.0395. The van der Waals surface area contributed by atoms with E-state index in [-0.39, 0.29) is 17.1 Å². The van der Waals surface area contributed by atoms with Crippen LogP contribution in [0.5, 0.6) is 11.5 Å². The molecule has 5 heteroatoms. The molecule has 1 aromatic carbocycles.